The molecule has 2 aromatic carbocycles. The van der Waals surface area contributed by atoms with Gasteiger partial charge >= 0.3 is 12.1 Å². The summed E-state index contributed by atoms with van der Waals surface area (Å²) in [6, 6.07) is 14.6. The van der Waals surface area contributed by atoms with Crippen LogP contribution in [0.2, 0.25) is 0 Å². The van der Waals surface area contributed by atoms with Crippen molar-refractivity contribution in [2.24, 2.45) is 5.92 Å². The van der Waals surface area contributed by atoms with Crippen molar-refractivity contribution in [2.75, 3.05) is 19.7 Å². The minimum absolute atomic E-state index is 0.0427. The van der Waals surface area contributed by atoms with Gasteiger partial charge in [-0.2, -0.15) is 0 Å². The molecular formula is C24H26N2O6. The number of aliphatic hydroxyl groups is 1. The van der Waals surface area contributed by atoms with Gasteiger partial charge in [0.25, 0.3) is 0 Å². The lowest BCUT2D eigenvalue weighted by atomic mass is 9.93. The molecule has 2 amide bonds. The highest BCUT2D eigenvalue weighted by molar-refractivity contribution is 5.89. The second-order valence-electron chi connectivity index (χ2n) is 8.36. The Kier molecular flexibility index (Phi) is 6.14. The molecule has 2 aliphatic rings. The van der Waals surface area contributed by atoms with Gasteiger partial charge in [-0.3, -0.25) is 9.59 Å². The summed E-state index contributed by atoms with van der Waals surface area (Å²) >= 11 is 0. The molecular weight excluding hydrogens is 412 g/mol. The zero-order valence-electron chi connectivity index (χ0n) is 17.7. The minimum atomic E-state index is -1.22. The molecule has 1 saturated heterocycles. The standard InChI is InChI=1S/C24H26N2O6/c1-14(27)15-11-26(12-15)23(30)21(10-22(28)29)25-24(31)32-13-20-18-8-4-2-6-16(18)17-7-3-5-9-19(17)20/h2-9,14-15,20-21,27H,10-13H2,1H3,(H,25,31)(H,28,29)/t14-,21?/m0/s1. The molecule has 0 spiro atoms. The zero-order chi connectivity index (χ0) is 22.8. The summed E-state index contributed by atoms with van der Waals surface area (Å²) < 4.78 is 5.44. The second-order valence-corrected chi connectivity index (χ2v) is 8.36. The quantitative estimate of drug-likeness (QED) is 0.610. The first kappa shape index (κ1) is 21.8. The molecule has 0 radical (unpaired) electrons. The third-order valence-corrected chi connectivity index (χ3v) is 6.22. The fourth-order valence-electron chi connectivity index (χ4n) is 4.38. The zero-order valence-corrected chi connectivity index (χ0v) is 17.7. The number of carboxylic acid groups (broad SMARTS) is 1. The molecule has 1 unspecified atom stereocenters. The van der Waals surface area contributed by atoms with Gasteiger partial charge in [0.2, 0.25) is 5.91 Å². The van der Waals surface area contributed by atoms with Crippen LogP contribution in [0.15, 0.2) is 48.5 Å². The molecule has 3 N–H and O–H groups in total. The fraction of sp³-hybridized carbons (Fsp3) is 0.375. The van der Waals surface area contributed by atoms with Crippen LogP contribution in [-0.4, -0.2) is 64.9 Å². The number of amides is 2. The van der Waals surface area contributed by atoms with Gasteiger partial charge in [-0.1, -0.05) is 48.5 Å². The molecule has 2 atom stereocenters. The average molecular weight is 438 g/mol. The maximum Gasteiger partial charge on any atom is 0.407 e. The van der Waals surface area contributed by atoms with E-state index >= 15 is 0 Å². The van der Waals surface area contributed by atoms with E-state index in [0.29, 0.717) is 13.1 Å². The SMILES string of the molecule is C[C@H](O)C1CN(C(=O)C(CC(=O)O)NC(=O)OCC2c3ccccc3-c3ccccc32)C1. The lowest BCUT2D eigenvalue weighted by Crippen LogP contribution is -2.59. The van der Waals surface area contributed by atoms with Crippen LogP contribution < -0.4 is 5.32 Å². The molecule has 0 bridgehead atoms. The topological polar surface area (TPSA) is 116 Å². The normalized spacial score (nSPS) is 17.0. The van der Waals surface area contributed by atoms with E-state index in [-0.39, 0.29) is 18.4 Å². The number of rotatable bonds is 7. The Bertz CT molecular complexity index is 985. The molecule has 0 aromatic heterocycles. The van der Waals surface area contributed by atoms with Crippen molar-refractivity contribution in [3.63, 3.8) is 0 Å². The van der Waals surface area contributed by atoms with Crippen molar-refractivity contribution < 1.29 is 29.3 Å². The van der Waals surface area contributed by atoms with E-state index in [9.17, 15) is 24.6 Å². The number of hydrogen-bond acceptors (Lipinski definition) is 5. The van der Waals surface area contributed by atoms with Crippen molar-refractivity contribution in [2.45, 2.75) is 31.4 Å². The first-order chi connectivity index (χ1) is 15.3. The summed E-state index contributed by atoms with van der Waals surface area (Å²) in [6.07, 6.45) is -1.93. The number of benzene rings is 2. The first-order valence-electron chi connectivity index (χ1n) is 10.6. The van der Waals surface area contributed by atoms with Gasteiger partial charge in [-0.15, -0.1) is 0 Å². The van der Waals surface area contributed by atoms with Gasteiger partial charge in [0, 0.05) is 24.9 Å². The largest absolute Gasteiger partial charge is 0.481 e. The van der Waals surface area contributed by atoms with E-state index in [0.717, 1.165) is 22.3 Å². The monoisotopic (exact) mass is 438 g/mol. The van der Waals surface area contributed by atoms with E-state index in [1.807, 2.05) is 48.5 Å². The van der Waals surface area contributed by atoms with Crippen LogP contribution in [0.4, 0.5) is 4.79 Å². The molecule has 8 heteroatoms. The van der Waals surface area contributed by atoms with Crippen molar-refractivity contribution in [3.05, 3.63) is 59.7 Å². The molecule has 32 heavy (non-hydrogen) atoms. The fourth-order valence-corrected chi connectivity index (χ4v) is 4.38. The van der Waals surface area contributed by atoms with Crippen LogP contribution in [0.1, 0.15) is 30.4 Å². The van der Waals surface area contributed by atoms with E-state index in [2.05, 4.69) is 5.32 Å². The highest BCUT2D eigenvalue weighted by Gasteiger charge is 2.38. The third-order valence-electron chi connectivity index (χ3n) is 6.22. The highest BCUT2D eigenvalue weighted by Crippen LogP contribution is 2.44. The second kappa shape index (κ2) is 9.00. The molecule has 168 valence electrons. The number of carboxylic acids is 1. The van der Waals surface area contributed by atoms with Gasteiger partial charge in [-0.05, 0) is 29.2 Å². The molecule has 1 fully saturated rings. The van der Waals surface area contributed by atoms with E-state index in [1.54, 1.807) is 6.92 Å². The number of nitrogens with one attached hydrogen (secondary N) is 1. The number of fused-ring (bicyclic) bond motifs is 3. The number of carbonyl (C=O) groups is 3. The van der Waals surface area contributed by atoms with E-state index in [4.69, 9.17) is 4.74 Å². The van der Waals surface area contributed by atoms with E-state index in [1.165, 1.54) is 4.90 Å². The number of likely N-dealkylation sites (tertiary alicyclic amines) is 1. The molecule has 8 nitrogen and oxygen atoms in total. The number of alkyl carbamates (subject to hydrolysis) is 1. The van der Waals surface area contributed by atoms with Gasteiger partial charge in [0.15, 0.2) is 0 Å². The maximum atomic E-state index is 12.7. The Morgan fingerprint density at radius 1 is 1.06 bits per heavy atom. The predicted molar refractivity (Wildman–Crippen MR) is 116 cm³/mol. The Hall–Kier alpha value is -3.39. The van der Waals surface area contributed by atoms with Crippen LogP contribution in [0.5, 0.6) is 0 Å². The number of ether oxygens (including phenoxy) is 1. The molecule has 1 heterocycles. The van der Waals surface area contributed by atoms with Gasteiger partial charge in [-0.25, -0.2) is 4.79 Å². The van der Waals surface area contributed by atoms with Crippen molar-refractivity contribution >= 4 is 18.0 Å². The van der Waals surface area contributed by atoms with Crippen molar-refractivity contribution in [1.29, 1.82) is 0 Å². The van der Waals surface area contributed by atoms with E-state index < -0.39 is 36.5 Å². The van der Waals surface area contributed by atoms with Crippen molar-refractivity contribution in [1.82, 2.24) is 10.2 Å². The van der Waals surface area contributed by atoms with Crippen LogP contribution in [-0.2, 0) is 14.3 Å². The molecule has 0 saturated carbocycles. The third kappa shape index (κ3) is 4.31. The van der Waals surface area contributed by atoms with Gasteiger partial charge < -0.3 is 25.2 Å². The lowest BCUT2D eigenvalue weighted by Gasteiger charge is -2.42. The number of nitrogens with zero attached hydrogens (tertiary/aromatic N) is 1. The van der Waals surface area contributed by atoms with Crippen LogP contribution >= 0.6 is 0 Å². The van der Waals surface area contributed by atoms with Crippen LogP contribution in [0.3, 0.4) is 0 Å². The minimum Gasteiger partial charge on any atom is -0.481 e. The maximum absolute atomic E-state index is 12.7. The summed E-state index contributed by atoms with van der Waals surface area (Å²) in [4.78, 5) is 37.8. The predicted octanol–water partition coefficient (Wildman–Crippen LogP) is 2.21. The summed E-state index contributed by atoms with van der Waals surface area (Å²) in [5.41, 5.74) is 4.32. The summed E-state index contributed by atoms with van der Waals surface area (Å²) in [6.45, 7) is 2.38. The molecule has 2 aromatic rings. The molecule has 4 rings (SSSR count). The smallest absolute Gasteiger partial charge is 0.407 e. The van der Waals surface area contributed by atoms with Gasteiger partial charge in [0.1, 0.15) is 12.6 Å². The summed E-state index contributed by atoms with van der Waals surface area (Å²) in [7, 11) is 0. The summed E-state index contributed by atoms with van der Waals surface area (Å²) in [5, 5.41) is 21.2. The first-order valence-corrected chi connectivity index (χ1v) is 10.6. The number of hydrogen-bond donors (Lipinski definition) is 3. The lowest BCUT2D eigenvalue weighted by molar-refractivity contribution is -0.147. The number of carbonyl (C=O) groups excluding carboxylic acids is 2. The van der Waals surface area contributed by atoms with Crippen LogP contribution in [0, 0.1) is 5.92 Å². The molecule has 1 aliphatic heterocycles. The average Bonchev–Trinajstić information content (AvgIpc) is 3.04. The Morgan fingerprint density at radius 2 is 1.62 bits per heavy atom. The highest BCUT2D eigenvalue weighted by atomic mass is 16.5. The van der Waals surface area contributed by atoms with Gasteiger partial charge in [0.05, 0.1) is 12.5 Å². The number of aliphatic carboxylic acids is 1. The number of aliphatic hydroxyl groups excluding tert-OH is 1. The Morgan fingerprint density at radius 3 is 2.16 bits per heavy atom. The summed E-state index contributed by atoms with van der Waals surface area (Å²) in [5.74, 6) is -1.87. The van der Waals surface area contributed by atoms with Crippen LogP contribution in [0.25, 0.3) is 11.1 Å². The van der Waals surface area contributed by atoms with Crippen molar-refractivity contribution in [3.8, 4) is 11.1 Å². The Balaban J connectivity index is 1.40. The Labute approximate surface area is 185 Å². The molecule has 1 aliphatic carbocycles.